The van der Waals surface area contributed by atoms with Crippen LogP contribution in [0.25, 0.3) is 0 Å². The van der Waals surface area contributed by atoms with E-state index in [1.165, 1.54) is 4.31 Å². The number of rotatable bonds is 9. The first-order valence-electron chi connectivity index (χ1n) is 9.71. The Bertz CT molecular complexity index is 1150. The predicted molar refractivity (Wildman–Crippen MR) is 133 cm³/mol. The molecule has 0 unspecified atom stereocenters. The number of benzene rings is 3. The van der Waals surface area contributed by atoms with Gasteiger partial charge in [0.25, 0.3) is 5.91 Å². The van der Waals surface area contributed by atoms with E-state index in [0.717, 1.165) is 16.7 Å². The van der Waals surface area contributed by atoms with Crippen molar-refractivity contribution in [2.24, 2.45) is 0 Å². The second-order valence-electron chi connectivity index (χ2n) is 7.00. The van der Waals surface area contributed by atoms with E-state index in [1.807, 2.05) is 24.3 Å². The first kappa shape index (κ1) is 24.5. The first-order valence-corrected chi connectivity index (χ1v) is 13.3. The van der Waals surface area contributed by atoms with Gasteiger partial charge in [0.05, 0.1) is 18.5 Å². The van der Waals surface area contributed by atoms with Gasteiger partial charge in [-0.25, -0.2) is 8.42 Å². The zero-order valence-electron chi connectivity index (χ0n) is 17.3. The summed E-state index contributed by atoms with van der Waals surface area (Å²) in [6, 6.07) is 21.0. The van der Waals surface area contributed by atoms with Crippen LogP contribution in [0.1, 0.15) is 15.9 Å². The molecule has 1 amide bonds. The molecule has 0 saturated carbocycles. The Balaban J connectivity index is 1.59. The maximum atomic E-state index is 12.4. The van der Waals surface area contributed by atoms with Crippen LogP contribution in [0, 0.1) is 0 Å². The lowest BCUT2D eigenvalue weighted by Crippen LogP contribution is -2.29. The van der Waals surface area contributed by atoms with Gasteiger partial charge in [-0.2, -0.15) is 0 Å². The molecule has 3 aromatic rings. The summed E-state index contributed by atoms with van der Waals surface area (Å²) in [7, 11) is -3.52. The zero-order chi connectivity index (χ0) is 23.1. The molecule has 5 nitrogen and oxygen atoms in total. The Kier molecular flexibility index (Phi) is 8.48. The summed E-state index contributed by atoms with van der Waals surface area (Å²) in [6.07, 6.45) is 1.15. The smallest absolute Gasteiger partial charge is 0.251 e. The second kappa shape index (κ2) is 11.1. The minimum absolute atomic E-state index is 0.170. The summed E-state index contributed by atoms with van der Waals surface area (Å²) in [4.78, 5) is 13.5. The summed E-state index contributed by atoms with van der Waals surface area (Å²) in [5.74, 6) is 0.505. The second-order valence-corrected chi connectivity index (χ2v) is 10.9. The summed E-state index contributed by atoms with van der Waals surface area (Å²) in [6.45, 7) is 0.670. The topological polar surface area (TPSA) is 66.5 Å². The third kappa shape index (κ3) is 7.17. The molecule has 9 heteroatoms. The summed E-state index contributed by atoms with van der Waals surface area (Å²) in [5, 5.41) is 4.15. The van der Waals surface area contributed by atoms with Crippen LogP contribution >= 0.6 is 35.0 Å². The van der Waals surface area contributed by atoms with Crippen molar-refractivity contribution in [2.75, 3.05) is 22.9 Å². The molecule has 3 aromatic carbocycles. The normalized spacial score (nSPS) is 11.2. The number of sulfonamides is 1. The highest BCUT2D eigenvalue weighted by molar-refractivity contribution is 7.99. The third-order valence-electron chi connectivity index (χ3n) is 4.53. The van der Waals surface area contributed by atoms with Gasteiger partial charge in [0, 0.05) is 32.8 Å². The fraction of sp³-hybridized carbons (Fsp3) is 0.174. The minimum atomic E-state index is -3.52. The van der Waals surface area contributed by atoms with Crippen LogP contribution < -0.4 is 9.62 Å². The van der Waals surface area contributed by atoms with E-state index in [4.69, 9.17) is 23.2 Å². The fourth-order valence-electron chi connectivity index (χ4n) is 2.90. The van der Waals surface area contributed by atoms with Crippen molar-refractivity contribution >= 4 is 56.6 Å². The Morgan fingerprint density at radius 1 is 0.906 bits per heavy atom. The van der Waals surface area contributed by atoms with Gasteiger partial charge < -0.3 is 5.32 Å². The van der Waals surface area contributed by atoms with Gasteiger partial charge in [0.2, 0.25) is 10.0 Å². The molecule has 168 valence electrons. The van der Waals surface area contributed by atoms with E-state index in [9.17, 15) is 13.2 Å². The van der Waals surface area contributed by atoms with Crippen molar-refractivity contribution in [1.29, 1.82) is 0 Å². The molecule has 0 aliphatic heterocycles. The molecule has 0 saturated heterocycles. The molecule has 0 atom stereocenters. The highest BCUT2D eigenvalue weighted by Crippen LogP contribution is 2.22. The molecule has 3 rings (SSSR count). The highest BCUT2D eigenvalue weighted by atomic mass is 35.5. The Morgan fingerprint density at radius 3 is 2.03 bits per heavy atom. The van der Waals surface area contributed by atoms with E-state index >= 15 is 0 Å². The van der Waals surface area contributed by atoms with Gasteiger partial charge in [-0.3, -0.25) is 9.10 Å². The van der Waals surface area contributed by atoms with Crippen LogP contribution in [0.5, 0.6) is 0 Å². The van der Waals surface area contributed by atoms with Crippen LogP contribution in [-0.4, -0.2) is 32.9 Å². The van der Waals surface area contributed by atoms with E-state index in [1.54, 1.807) is 60.3 Å². The lowest BCUT2D eigenvalue weighted by molar-refractivity contribution is 0.0956. The van der Waals surface area contributed by atoms with Gasteiger partial charge in [-0.1, -0.05) is 35.3 Å². The lowest BCUT2D eigenvalue weighted by Gasteiger charge is -2.22. The quantitative estimate of drug-likeness (QED) is 0.306. The number of nitrogens with one attached hydrogen (secondary N) is 1. The van der Waals surface area contributed by atoms with Crippen LogP contribution in [0.3, 0.4) is 0 Å². The van der Waals surface area contributed by atoms with E-state index in [0.29, 0.717) is 33.6 Å². The summed E-state index contributed by atoms with van der Waals surface area (Å²) >= 11 is 13.4. The number of thioether (sulfide) groups is 1. The third-order valence-corrected chi connectivity index (χ3v) is 7.19. The Hall–Kier alpha value is -2.19. The lowest BCUT2D eigenvalue weighted by atomic mass is 10.2. The number of halogens is 2. The average molecular weight is 509 g/mol. The fourth-order valence-corrected chi connectivity index (χ4v) is 4.81. The van der Waals surface area contributed by atoms with E-state index in [-0.39, 0.29) is 12.5 Å². The molecule has 0 spiro atoms. The number of carbonyl (C=O) groups excluding carboxylic acids is 1. The van der Waals surface area contributed by atoms with Crippen molar-refractivity contribution in [3.63, 3.8) is 0 Å². The molecule has 0 radical (unpaired) electrons. The average Bonchev–Trinajstić information content (AvgIpc) is 2.77. The number of hydrogen-bond donors (Lipinski definition) is 1. The summed E-state index contributed by atoms with van der Waals surface area (Å²) < 4.78 is 26.0. The maximum Gasteiger partial charge on any atom is 0.251 e. The Morgan fingerprint density at radius 2 is 1.47 bits per heavy atom. The number of anilines is 1. The van der Waals surface area contributed by atoms with Crippen LogP contribution in [0.15, 0.2) is 77.7 Å². The maximum absolute atomic E-state index is 12.4. The number of carbonyl (C=O) groups is 1. The SMILES string of the molecule is CS(=O)(=O)N(Cc1ccc(Cl)cc1)c1ccc(C(=O)NCCSc2ccc(Cl)cc2)cc1. The van der Waals surface area contributed by atoms with Gasteiger partial charge in [-0.15, -0.1) is 11.8 Å². The predicted octanol–water partition coefficient (Wildman–Crippen LogP) is 5.48. The monoisotopic (exact) mass is 508 g/mol. The Labute approximate surface area is 202 Å². The van der Waals surface area contributed by atoms with Crippen LogP contribution in [-0.2, 0) is 16.6 Å². The molecular formula is C23H22Cl2N2O3S2. The zero-order valence-corrected chi connectivity index (χ0v) is 20.4. The largest absolute Gasteiger partial charge is 0.351 e. The van der Waals surface area contributed by atoms with Crippen molar-refractivity contribution in [2.45, 2.75) is 11.4 Å². The number of hydrogen-bond acceptors (Lipinski definition) is 4. The molecule has 0 aromatic heterocycles. The summed E-state index contributed by atoms with van der Waals surface area (Å²) in [5.41, 5.74) is 1.75. The van der Waals surface area contributed by atoms with Gasteiger partial charge in [0.15, 0.2) is 0 Å². The molecule has 0 fully saturated rings. The molecule has 1 N–H and O–H groups in total. The molecule has 32 heavy (non-hydrogen) atoms. The van der Waals surface area contributed by atoms with E-state index in [2.05, 4.69) is 5.32 Å². The van der Waals surface area contributed by atoms with Crippen molar-refractivity contribution in [3.8, 4) is 0 Å². The molecular weight excluding hydrogens is 487 g/mol. The standard InChI is InChI=1S/C23H22Cl2N2O3S2/c1-32(29,30)27(16-17-2-6-19(24)7-3-17)21-10-4-18(5-11-21)23(28)26-14-15-31-22-12-8-20(25)9-13-22/h2-13H,14-16H2,1H3,(H,26,28). The highest BCUT2D eigenvalue weighted by Gasteiger charge is 2.18. The molecule has 0 bridgehead atoms. The van der Waals surface area contributed by atoms with E-state index < -0.39 is 10.0 Å². The van der Waals surface area contributed by atoms with Crippen molar-refractivity contribution in [3.05, 3.63) is 94.0 Å². The molecule has 0 aliphatic carbocycles. The van der Waals surface area contributed by atoms with Gasteiger partial charge in [0.1, 0.15) is 0 Å². The minimum Gasteiger partial charge on any atom is -0.351 e. The van der Waals surface area contributed by atoms with Crippen molar-refractivity contribution in [1.82, 2.24) is 5.32 Å². The molecule has 0 heterocycles. The van der Waals surface area contributed by atoms with Gasteiger partial charge in [-0.05, 0) is 66.2 Å². The van der Waals surface area contributed by atoms with Gasteiger partial charge >= 0.3 is 0 Å². The van der Waals surface area contributed by atoms with Crippen LogP contribution in [0.2, 0.25) is 10.0 Å². The number of amides is 1. The van der Waals surface area contributed by atoms with Crippen LogP contribution in [0.4, 0.5) is 5.69 Å². The van der Waals surface area contributed by atoms with Crippen molar-refractivity contribution < 1.29 is 13.2 Å². The number of nitrogens with zero attached hydrogens (tertiary/aromatic N) is 1. The first-order chi connectivity index (χ1) is 15.2. The molecule has 0 aliphatic rings.